The van der Waals surface area contributed by atoms with E-state index in [1.54, 1.807) is 0 Å². The maximum absolute atomic E-state index is 11.2. The number of rotatable bonds is 3. The van der Waals surface area contributed by atoms with Crippen LogP contribution in [0.1, 0.15) is 26.2 Å². The average Bonchev–Trinajstić information content (AvgIpc) is 2.01. The molecule has 0 heterocycles. The van der Waals surface area contributed by atoms with Crippen LogP contribution in [-0.4, -0.2) is 23.9 Å². The fraction of sp³-hybridized carbons (Fsp3) is 0.778. The van der Waals surface area contributed by atoms with Crippen molar-refractivity contribution in [3.63, 3.8) is 0 Å². The van der Waals surface area contributed by atoms with Crippen molar-refractivity contribution in [1.29, 1.82) is 0 Å². The van der Waals surface area contributed by atoms with Crippen molar-refractivity contribution >= 4 is 23.5 Å². The smallest absolute Gasteiger partial charge is 0.321 e. The van der Waals surface area contributed by atoms with E-state index in [0.29, 0.717) is 5.92 Å². The summed E-state index contributed by atoms with van der Waals surface area (Å²) < 4.78 is 0. The van der Waals surface area contributed by atoms with Gasteiger partial charge < -0.3 is 5.32 Å². The first-order chi connectivity index (χ1) is 6.61. The highest BCUT2D eigenvalue weighted by molar-refractivity contribution is 6.19. The molecule has 14 heavy (non-hydrogen) atoms. The molecule has 1 rings (SSSR count). The highest BCUT2D eigenvalue weighted by atomic mass is 35.5. The third-order valence-corrected chi connectivity index (χ3v) is 2.47. The first-order valence-electron chi connectivity index (χ1n) is 4.78. The van der Waals surface area contributed by atoms with Crippen molar-refractivity contribution in [2.24, 2.45) is 5.92 Å². The molecular weight excluding hydrogens is 204 g/mol. The van der Waals surface area contributed by atoms with Gasteiger partial charge in [0.1, 0.15) is 0 Å². The summed E-state index contributed by atoms with van der Waals surface area (Å²) in [6.07, 6.45) is 2.17. The standard InChI is InChI=1S/C9H15ClN2O2/c1-6-4-7(5-6)11-9(14)12-8(13)2-3-10/h6-7H,2-5H2,1H3,(H2,11,12,13,14). The molecule has 1 aliphatic carbocycles. The average molecular weight is 219 g/mol. The van der Waals surface area contributed by atoms with Gasteiger partial charge in [-0.3, -0.25) is 10.1 Å². The summed E-state index contributed by atoms with van der Waals surface area (Å²) >= 11 is 5.35. The van der Waals surface area contributed by atoms with Crippen LogP contribution in [0.3, 0.4) is 0 Å². The van der Waals surface area contributed by atoms with Crippen LogP contribution < -0.4 is 10.6 Å². The number of carbonyl (C=O) groups is 2. The molecule has 4 nitrogen and oxygen atoms in total. The summed E-state index contributed by atoms with van der Waals surface area (Å²) in [5.41, 5.74) is 0. The highest BCUT2D eigenvalue weighted by Crippen LogP contribution is 2.25. The first kappa shape index (κ1) is 11.3. The molecule has 0 aromatic rings. The Bertz CT molecular complexity index is 227. The Balaban J connectivity index is 2.13. The zero-order valence-corrected chi connectivity index (χ0v) is 8.93. The summed E-state index contributed by atoms with van der Waals surface area (Å²) in [6, 6.07) is -0.175. The first-order valence-corrected chi connectivity index (χ1v) is 5.31. The summed E-state index contributed by atoms with van der Waals surface area (Å²) in [7, 11) is 0. The molecule has 2 N–H and O–H groups in total. The number of carbonyl (C=O) groups excluding carboxylic acids is 2. The van der Waals surface area contributed by atoms with E-state index in [-0.39, 0.29) is 24.2 Å². The van der Waals surface area contributed by atoms with E-state index in [1.165, 1.54) is 0 Å². The largest absolute Gasteiger partial charge is 0.335 e. The van der Waals surface area contributed by atoms with Gasteiger partial charge >= 0.3 is 6.03 Å². The van der Waals surface area contributed by atoms with Crippen LogP contribution in [-0.2, 0) is 4.79 Å². The fourth-order valence-electron chi connectivity index (χ4n) is 1.52. The van der Waals surface area contributed by atoms with Crippen LogP contribution in [0.4, 0.5) is 4.79 Å². The van der Waals surface area contributed by atoms with Gasteiger partial charge in [0, 0.05) is 18.3 Å². The second-order valence-electron chi connectivity index (χ2n) is 3.73. The lowest BCUT2D eigenvalue weighted by molar-refractivity contribution is -0.119. The molecule has 1 saturated carbocycles. The number of hydrogen-bond donors (Lipinski definition) is 2. The molecule has 0 bridgehead atoms. The van der Waals surface area contributed by atoms with Gasteiger partial charge in [-0.2, -0.15) is 0 Å². The molecule has 0 radical (unpaired) electrons. The van der Waals surface area contributed by atoms with Crippen molar-refractivity contribution in [3.05, 3.63) is 0 Å². The topological polar surface area (TPSA) is 58.2 Å². The lowest BCUT2D eigenvalue weighted by Gasteiger charge is -2.32. The molecule has 3 amide bonds. The number of hydrogen-bond acceptors (Lipinski definition) is 2. The van der Waals surface area contributed by atoms with E-state index < -0.39 is 6.03 Å². The Morgan fingerprint density at radius 1 is 1.43 bits per heavy atom. The Hall–Kier alpha value is -0.770. The predicted octanol–water partition coefficient (Wildman–Crippen LogP) is 1.24. The van der Waals surface area contributed by atoms with E-state index in [1.807, 2.05) is 0 Å². The van der Waals surface area contributed by atoms with E-state index >= 15 is 0 Å². The Labute approximate surface area is 88.4 Å². The molecule has 0 saturated heterocycles. The molecule has 0 atom stereocenters. The Morgan fingerprint density at radius 2 is 2.07 bits per heavy atom. The molecule has 5 heteroatoms. The molecule has 0 spiro atoms. The third-order valence-electron chi connectivity index (χ3n) is 2.28. The maximum Gasteiger partial charge on any atom is 0.321 e. The molecule has 0 aromatic heterocycles. The predicted molar refractivity (Wildman–Crippen MR) is 54.2 cm³/mol. The summed E-state index contributed by atoms with van der Waals surface area (Å²) in [5.74, 6) is 0.586. The van der Waals surface area contributed by atoms with Crippen molar-refractivity contribution in [2.45, 2.75) is 32.2 Å². The Kier molecular flexibility index (Phi) is 4.20. The minimum absolute atomic E-state index is 0.177. The van der Waals surface area contributed by atoms with Crippen LogP contribution in [0.5, 0.6) is 0 Å². The van der Waals surface area contributed by atoms with Gasteiger partial charge in [0.15, 0.2) is 0 Å². The number of halogens is 1. The van der Waals surface area contributed by atoms with Crippen molar-refractivity contribution in [2.75, 3.05) is 5.88 Å². The number of amides is 3. The van der Waals surface area contributed by atoms with Crippen LogP contribution >= 0.6 is 11.6 Å². The maximum atomic E-state index is 11.2. The Morgan fingerprint density at radius 3 is 2.57 bits per heavy atom. The molecule has 0 unspecified atom stereocenters. The second-order valence-corrected chi connectivity index (χ2v) is 4.11. The third kappa shape index (κ3) is 3.54. The lowest BCUT2D eigenvalue weighted by atomic mass is 9.82. The quantitative estimate of drug-likeness (QED) is 0.701. The van der Waals surface area contributed by atoms with E-state index in [4.69, 9.17) is 11.6 Å². The fourth-order valence-corrected chi connectivity index (χ4v) is 1.69. The van der Waals surface area contributed by atoms with Crippen molar-refractivity contribution < 1.29 is 9.59 Å². The molecular formula is C9H15ClN2O2. The SMILES string of the molecule is CC1CC(NC(=O)NC(=O)CCCl)C1. The van der Waals surface area contributed by atoms with Gasteiger partial charge in [0.05, 0.1) is 0 Å². The zero-order chi connectivity index (χ0) is 10.6. The van der Waals surface area contributed by atoms with Gasteiger partial charge in [-0.05, 0) is 18.8 Å². The van der Waals surface area contributed by atoms with E-state index in [0.717, 1.165) is 12.8 Å². The van der Waals surface area contributed by atoms with Crippen LogP contribution in [0.15, 0.2) is 0 Å². The number of nitrogens with one attached hydrogen (secondary N) is 2. The van der Waals surface area contributed by atoms with Gasteiger partial charge in [-0.15, -0.1) is 11.6 Å². The van der Waals surface area contributed by atoms with E-state index in [9.17, 15) is 9.59 Å². The minimum Gasteiger partial charge on any atom is -0.335 e. The minimum atomic E-state index is -0.406. The van der Waals surface area contributed by atoms with Crippen LogP contribution in [0.2, 0.25) is 0 Å². The highest BCUT2D eigenvalue weighted by Gasteiger charge is 2.26. The molecule has 80 valence electrons. The monoisotopic (exact) mass is 218 g/mol. The zero-order valence-electron chi connectivity index (χ0n) is 8.18. The number of urea groups is 1. The van der Waals surface area contributed by atoms with E-state index in [2.05, 4.69) is 17.6 Å². The van der Waals surface area contributed by atoms with Crippen LogP contribution in [0.25, 0.3) is 0 Å². The lowest BCUT2D eigenvalue weighted by Crippen LogP contribution is -2.49. The van der Waals surface area contributed by atoms with Gasteiger partial charge in [-0.1, -0.05) is 6.92 Å². The van der Waals surface area contributed by atoms with Gasteiger partial charge in [0.2, 0.25) is 5.91 Å². The van der Waals surface area contributed by atoms with Gasteiger partial charge in [-0.25, -0.2) is 4.79 Å². The van der Waals surface area contributed by atoms with Crippen LogP contribution in [0, 0.1) is 5.92 Å². The van der Waals surface area contributed by atoms with Crippen molar-refractivity contribution in [1.82, 2.24) is 10.6 Å². The molecule has 1 aliphatic rings. The number of imide groups is 1. The molecule has 0 aliphatic heterocycles. The molecule has 1 fully saturated rings. The molecule has 0 aromatic carbocycles. The second kappa shape index (κ2) is 5.20. The summed E-state index contributed by atoms with van der Waals surface area (Å²) in [5, 5.41) is 4.94. The number of alkyl halides is 1. The normalized spacial score (nSPS) is 25.0. The summed E-state index contributed by atoms with van der Waals surface area (Å²) in [4.78, 5) is 22.1. The van der Waals surface area contributed by atoms with Crippen molar-refractivity contribution in [3.8, 4) is 0 Å². The summed E-state index contributed by atoms with van der Waals surface area (Å²) in [6.45, 7) is 2.13. The van der Waals surface area contributed by atoms with Gasteiger partial charge in [0.25, 0.3) is 0 Å².